The quantitative estimate of drug-likeness (QED) is 0.757. The summed E-state index contributed by atoms with van der Waals surface area (Å²) in [6.45, 7) is 4.57. The van der Waals surface area contributed by atoms with Gasteiger partial charge in [-0.05, 0) is 26.3 Å². The van der Waals surface area contributed by atoms with Gasteiger partial charge in [-0.3, -0.25) is 9.59 Å². The Morgan fingerprint density at radius 3 is 2.57 bits per heavy atom. The van der Waals surface area contributed by atoms with Crippen LogP contribution >= 0.6 is 0 Å². The number of hydrogen-bond acceptors (Lipinski definition) is 4. The van der Waals surface area contributed by atoms with E-state index < -0.39 is 0 Å². The number of carbonyl (C=O) groups is 2. The maximum absolute atomic E-state index is 12.5. The number of nitrogens with one attached hydrogen (secondary N) is 2. The zero-order valence-electron chi connectivity index (χ0n) is 13.1. The molecule has 2 rings (SSSR count). The van der Waals surface area contributed by atoms with Crippen LogP contribution in [-0.2, 0) is 14.3 Å². The predicted molar refractivity (Wildman–Crippen MR) is 79.8 cm³/mol. The molecule has 2 saturated heterocycles. The Morgan fingerprint density at radius 1 is 1.24 bits per heavy atom. The fourth-order valence-electron chi connectivity index (χ4n) is 3.09. The van der Waals surface area contributed by atoms with Crippen molar-refractivity contribution in [3.05, 3.63) is 0 Å². The summed E-state index contributed by atoms with van der Waals surface area (Å²) in [5.74, 6) is 0.244. The minimum absolute atomic E-state index is 0.0683. The summed E-state index contributed by atoms with van der Waals surface area (Å²) in [6.07, 6.45) is 3.15. The lowest BCUT2D eigenvalue weighted by Crippen LogP contribution is -2.50. The van der Waals surface area contributed by atoms with E-state index in [-0.39, 0.29) is 29.8 Å². The molecule has 2 aliphatic heterocycles. The normalized spacial score (nSPS) is 26.9. The molecule has 2 atom stereocenters. The van der Waals surface area contributed by atoms with Gasteiger partial charge in [0.05, 0.1) is 19.1 Å². The maximum atomic E-state index is 12.5. The molecule has 0 spiro atoms. The minimum atomic E-state index is -0.0683. The Bertz CT molecular complexity index is 367. The molecule has 2 N–H and O–H groups in total. The highest BCUT2D eigenvalue weighted by atomic mass is 16.5. The van der Waals surface area contributed by atoms with E-state index in [9.17, 15) is 9.59 Å². The molecule has 0 radical (unpaired) electrons. The van der Waals surface area contributed by atoms with Gasteiger partial charge in [-0.1, -0.05) is 6.92 Å². The zero-order chi connectivity index (χ0) is 15.2. The van der Waals surface area contributed by atoms with E-state index in [0.29, 0.717) is 19.6 Å². The third kappa shape index (κ3) is 4.17. The largest absolute Gasteiger partial charge is 0.379 e. The van der Waals surface area contributed by atoms with Gasteiger partial charge in [0.15, 0.2) is 0 Å². The van der Waals surface area contributed by atoms with Crippen molar-refractivity contribution in [2.24, 2.45) is 5.92 Å². The van der Waals surface area contributed by atoms with Gasteiger partial charge in [-0.25, -0.2) is 0 Å². The number of carbonyl (C=O) groups excluding carboxylic acids is 2. The second-order valence-electron chi connectivity index (χ2n) is 5.96. The summed E-state index contributed by atoms with van der Waals surface area (Å²) in [7, 11) is 1.87. The molecule has 0 aromatic carbocycles. The molecule has 0 aromatic rings. The number of piperidine rings is 1. The van der Waals surface area contributed by atoms with E-state index in [4.69, 9.17) is 4.74 Å². The van der Waals surface area contributed by atoms with Gasteiger partial charge >= 0.3 is 0 Å². The third-order valence-corrected chi connectivity index (χ3v) is 4.42. The molecule has 2 unspecified atom stereocenters. The average molecular weight is 297 g/mol. The predicted octanol–water partition coefficient (Wildman–Crippen LogP) is 0.128. The van der Waals surface area contributed by atoms with Crippen molar-refractivity contribution >= 4 is 11.8 Å². The van der Waals surface area contributed by atoms with Crippen LogP contribution < -0.4 is 10.6 Å². The van der Waals surface area contributed by atoms with Crippen LogP contribution in [0, 0.1) is 5.92 Å². The lowest BCUT2D eigenvalue weighted by Gasteiger charge is -2.34. The van der Waals surface area contributed by atoms with Crippen molar-refractivity contribution < 1.29 is 14.3 Å². The number of amides is 2. The van der Waals surface area contributed by atoms with Crippen molar-refractivity contribution in [3.8, 4) is 0 Å². The molecular weight excluding hydrogens is 270 g/mol. The molecule has 0 aliphatic carbocycles. The molecule has 6 heteroatoms. The SMILES string of the molecule is CCCC(=O)NC1CCN(C(=O)C2COCC2NC)CC1. The summed E-state index contributed by atoms with van der Waals surface area (Å²) in [4.78, 5) is 26.0. The number of likely N-dealkylation sites (N-methyl/N-ethyl adjacent to an activating group) is 1. The molecule has 0 aromatic heterocycles. The van der Waals surface area contributed by atoms with Gasteiger partial charge in [-0.15, -0.1) is 0 Å². The minimum Gasteiger partial charge on any atom is -0.379 e. The number of nitrogens with zero attached hydrogens (tertiary/aromatic N) is 1. The van der Waals surface area contributed by atoms with Crippen molar-refractivity contribution in [2.75, 3.05) is 33.4 Å². The van der Waals surface area contributed by atoms with E-state index in [1.807, 2.05) is 18.9 Å². The first-order valence-corrected chi connectivity index (χ1v) is 7.98. The van der Waals surface area contributed by atoms with Crippen LogP contribution in [0.2, 0.25) is 0 Å². The first-order valence-electron chi connectivity index (χ1n) is 7.98. The second kappa shape index (κ2) is 7.75. The highest BCUT2D eigenvalue weighted by molar-refractivity contribution is 5.80. The van der Waals surface area contributed by atoms with Crippen molar-refractivity contribution in [2.45, 2.75) is 44.7 Å². The Labute approximate surface area is 126 Å². The Hall–Kier alpha value is -1.14. The highest BCUT2D eigenvalue weighted by Gasteiger charge is 2.36. The van der Waals surface area contributed by atoms with Gasteiger partial charge in [0.25, 0.3) is 0 Å². The van der Waals surface area contributed by atoms with Gasteiger partial charge in [0, 0.05) is 31.6 Å². The maximum Gasteiger partial charge on any atom is 0.229 e. The van der Waals surface area contributed by atoms with Gasteiger partial charge in [0.1, 0.15) is 0 Å². The first-order chi connectivity index (χ1) is 10.2. The molecule has 2 fully saturated rings. The summed E-state index contributed by atoms with van der Waals surface area (Å²) in [5.41, 5.74) is 0. The first kappa shape index (κ1) is 16.2. The van der Waals surface area contributed by atoms with E-state index in [2.05, 4.69) is 10.6 Å². The van der Waals surface area contributed by atoms with Crippen molar-refractivity contribution in [3.63, 3.8) is 0 Å². The summed E-state index contributed by atoms with van der Waals surface area (Å²) < 4.78 is 5.41. The van der Waals surface area contributed by atoms with Crippen molar-refractivity contribution in [1.82, 2.24) is 15.5 Å². The summed E-state index contributed by atoms with van der Waals surface area (Å²) >= 11 is 0. The fourth-order valence-corrected chi connectivity index (χ4v) is 3.09. The molecular formula is C15H27N3O3. The Balaban J connectivity index is 1.78. The number of ether oxygens (including phenoxy) is 1. The molecule has 0 bridgehead atoms. The molecule has 21 heavy (non-hydrogen) atoms. The standard InChI is InChI=1S/C15H27N3O3/c1-3-4-14(19)17-11-5-7-18(8-6-11)15(20)12-9-21-10-13(12)16-2/h11-13,16H,3-10H2,1-2H3,(H,17,19). The fraction of sp³-hybridized carbons (Fsp3) is 0.867. The lowest BCUT2D eigenvalue weighted by atomic mass is 9.98. The van der Waals surface area contributed by atoms with E-state index in [1.165, 1.54) is 0 Å². The van der Waals surface area contributed by atoms with Gasteiger partial charge in [0.2, 0.25) is 11.8 Å². The number of likely N-dealkylation sites (tertiary alicyclic amines) is 1. The highest BCUT2D eigenvalue weighted by Crippen LogP contribution is 2.19. The van der Waals surface area contributed by atoms with Crippen LogP contribution in [0.1, 0.15) is 32.6 Å². The average Bonchev–Trinajstić information content (AvgIpc) is 2.96. The van der Waals surface area contributed by atoms with E-state index >= 15 is 0 Å². The summed E-state index contributed by atoms with van der Waals surface area (Å²) in [6, 6.07) is 0.340. The Morgan fingerprint density at radius 2 is 1.95 bits per heavy atom. The molecule has 2 heterocycles. The van der Waals surface area contributed by atoms with E-state index in [0.717, 1.165) is 32.4 Å². The summed E-state index contributed by atoms with van der Waals surface area (Å²) in [5, 5.41) is 6.21. The second-order valence-corrected chi connectivity index (χ2v) is 5.96. The number of hydrogen-bond donors (Lipinski definition) is 2. The van der Waals surface area contributed by atoms with Crippen LogP contribution in [0.25, 0.3) is 0 Å². The molecule has 6 nitrogen and oxygen atoms in total. The van der Waals surface area contributed by atoms with Crippen LogP contribution in [0.3, 0.4) is 0 Å². The van der Waals surface area contributed by atoms with Gasteiger partial charge < -0.3 is 20.3 Å². The smallest absolute Gasteiger partial charge is 0.229 e. The Kier molecular flexibility index (Phi) is 5.99. The van der Waals surface area contributed by atoms with Crippen LogP contribution in [0.5, 0.6) is 0 Å². The monoisotopic (exact) mass is 297 g/mol. The van der Waals surface area contributed by atoms with E-state index in [1.54, 1.807) is 0 Å². The van der Waals surface area contributed by atoms with Crippen LogP contribution in [0.15, 0.2) is 0 Å². The number of rotatable bonds is 5. The van der Waals surface area contributed by atoms with Crippen LogP contribution in [-0.4, -0.2) is 62.1 Å². The lowest BCUT2D eigenvalue weighted by molar-refractivity contribution is -0.137. The van der Waals surface area contributed by atoms with Crippen LogP contribution in [0.4, 0.5) is 0 Å². The third-order valence-electron chi connectivity index (χ3n) is 4.42. The molecule has 2 aliphatic rings. The topological polar surface area (TPSA) is 70.7 Å². The molecule has 0 saturated carbocycles. The zero-order valence-corrected chi connectivity index (χ0v) is 13.1. The van der Waals surface area contributed by atoms with Gasteiger partial charge in [-0.2, -0.15) is 0 Å². The molecule has 120 valence electrons. The van der Waals surface area contributed by atoms with Crippen molar-refractivity contribution in [1.29, 1.82) is 0 Å². The molecule has 2 amide bonds.